The maximum absolute atomic E-state index is 6.16. The monoisotopic (exact) mass is 372 g/mol. The fraction of sp³-hybridized carbons (Fsp3) is 0.571. The molecule has 0 radical (unpaired) electrons. The van der Waals surface area contributed by atoms with Crippen LogP contribution in [-0.2, 0) is 12.8 Å². The maximum Gasteiger partial charge on any atom is 0.133 e. The lowest BCUT2D eigenvalue weighted by Crippen LogP contribution is -2.31. The Hall–Kier alpha value is -1.52. The van der Waals surface area contributed by atoms with E-state index in [9.17, 15) is 0 Å². The molecule has 1 saturated heterocycles. The van der Waals surface area contributed by atoms with Crippen LogP contribution in [0.15, 0.2) is 18.2 Å². The van der Waals surface area contributed by atoms with E-state index < -0.39 is 0 Å². The number of hydrogen-bond donors (Lipinski definition) is 1. The molecule has 26 heavy (non-hydrogen) atoms. The van der Waals surface area contributed by atoms with Gasteiger partial charge in [-0.25, -0.2) is 4.68 Å². The first-order chi connectivity index (χ1) is 12.7. The number of benzene rings is 1. The lowest BCUT2D eigenvalue weighted by molar-refractivity contribution is 0.230. The minimum Gasteiger partial charge on any atom is -0.370 e. The number of nitrogens with one attached hydrogen (secondary N) is 1. The average Bonchev–Trinajstić information content (AvgIpc) is 2.81. The fourth-order valence-corrected chi connectivity index (χ4v) is 4.48. The summed E-state index contributed by atoms with van der Waals surface area (Å²) in [4.78, 5) is 2.60. The Kier molecular flexibility index (Phi) is 5.51. The maximum atomic E-state index is 6.16. The van der Waals surface area contributed by atoms with Crippen LogP contribution in [0, 0.1) is 6.92 Å². The van der Waals surface area contributed by atoms with Gasteiger partial charge in [-0.15, -0.1) is 0 Å². The molecule has 0 aliphatic carbocycles. The van der Waals surface area contributed by atoms with E-state index in [4.69, 9.17) is 16.7 Å². The minimum absolute atomic E-state index is 0.780. The number of nitrogens with zero attached hydrogens (tertiary/aromatic N) is 3. The molecule has 2 aliphatic rings. The highest BCUT2D eigenvalue weighted by molar-refractivity contribution is 6.30. The molecule has 1 N–H and O–H groups in total. The summed E-state index contributed by atoms with van der Waals surface area (Å²) in [7, 11) is 0. The summed E-state index contributed by atoms with van der Waals surface area (Å²) in [5.74, 6) is 1.20. The van der Waals surface area contributed by atoms with Crippen molar-refractivity contribution in [3.63, 3.8) is 0 Å². The Balaban J connectivity index is 1.64. The van der Waals surface area contributed by atoms with Crippen LogP contribution in [0.3, 0.4) is 0 Å². The predicted octanol–water partition coefficient (Wildman–Crippen LogP) is 4.61. The molecule has 0 bridgehead atoms. The number of anilines is 1. The second-order valence-electron chi connectivity index (χ2n) is 7.65. The van der Waals surface area contributed by atoms with E-state index in [0.29, 0.717) is 0 Å². The molecular weight excluding hydrogens is 344 g/mol. The standard InChI is InChI=1S/C21H29ClN4/c1-16-15-17(22)8-9-20(16)26-21-18(7-3-4-11-23-21)19(24-26)10-14-25-12-5-2-6-13-25/h8-9,15,23H,2-7,10-14H2,1H3. The van der Waals surface area contributed by atoms with E-state index >= 15 is 0 Å². The van der Waals surface area contributed by atoms with Crippen molar-refractivity contribution in [3.8, 4) is 5.69 Å². The number of likely N-dealkylation sites (tertiary alicyclic amines) is 1. The van der Waals surface area contributed by atoms with Crippen molar-refractivity contribution >= 4 is 17.4 Å². The van der Waals surface area contributed by atoms with Gasteiger partial charge >= 0.3 is 0 Å². The lowest BCUT2D eigenvalue weighted by atomic mass is 10.1. The molecule has 1 fully saturated rings. The molecule has 0 atom stereocenters. The van der Waals surface area contributed by atoms with Gasteiger partial charge < -0.3 is 10.2 Å². The average molecular weight is 373 g/mol. The Morgan fingerprint density at radius 3 is 2.77 bits per heavy atom. The van der Waals surface area contributed by atoms with Crippen LogP contribution in [0.1, 0.15) is 48.9 Å². The predicted molar refractivity (Wildman–Crippen MR) is 109 cm³/mol. The first-order valence-electron chi connectivity index (χ1n) is 10.1. The van der Waals surface area contributed by atoms with E-state index in [2.05, 4.69) is 27.9 Å². The molecule has 2 aliphatic heterocycles. The summed E-state index contributed by atoms with van der Waals surface area (Å²) in [5.41, 5.74) is 4.99. The van der Waals surface area contributed by atoms with Crippen LogP contribution in [0.2, 0.25) is 5.02 Å². The zero-order valence-corrected chi connectivity index (χ0v) is 16.5. The molecule has 0 spiro atoms. The van der Waals surface area contributed by atoms with Gasteiger partial charge in [0.05, 0.1) is 11.4 Å². The van der Waals surface area contributed by atoms with Gasteiger partial charge in [0.1, 0.15) is 5.82 Å². The first kappa shape index (κ1) is 17.9. The lowest BCUT2D eigenvalue weighted by Gasteiger charge is -2.26. The van der Waals surface area contributed by atoms with E-state index in [0.717, 1.165) is 42.2 Å². The van der Waals surface area contributed by atoms with Crippen molar-refractivity contribution in [1.29, 1.82) is 0 Å². The largest absolute Gasteiger partial charge is 0.370 e. The third-order valence-electron chi connectivity index (χ3n) is 5.71. The molecule has 4 nitrogen and oxygen atoms in total. The summed E-state index contributed by atoms with van der Waals surface area (Å²) in [6.45, 7) is 6.76. The fourth-order valence-electron chi connectivity index (χ4n) is 4.25. The van der Waals surface area contributed by atoms with E-state index in [1.165, 1.54) is 62.3 Å². The molecule has 4 rings (SSSR count). The Bertz CT molecular complexity index is 762. The molecule has 0 unspecified atom stereocenters. The van der Waals surface area contributed by atoms with Crippen LogP contribution >= 0.6 is 11.6 Å². The summed E-state index contributed by atoms with van der Waals surface area (Å²) in [6, 6.07) is 6.07. The van der Waals surface area contributed by atoms with Crippen LogP contribution in [0.25, 0.3) is 5.69 Å². The molecule has 5 heteroatoms. The normalized spacial score (nSPS) is 18.2. The Labute approximate surface area is 161 Å². The van der Waals surface area contributed by atoms with Crippen molar-refractivity contribution in [2.45, 2.75) is 51.9 Å². The van der Waals surface area contributed by atoms with Gasteiger partial charge in [-0.1, -0.05) is 18.0 Å². The highest BCUT2D eigenvalue weighted by atomic mass is 35.5. The third kappa shape index (κ3) is 3.77. The molecule has 3 heterocycles. The zero-order valence-electron chi connectivity index (χ0n) is 15.7. The SMILES string of the molecule is Cc1cc(Cl)ccc1-n1nc(CCN2CCCCC2)c2c1NCCCC2. The first-order valence-corrected chi connectivity index (χ1v) is 10.4. The van der Waals surface area contributed by atoms with Crippen LogP contribution in [-0.4, -0.2) is 40.9 Å². The number of piperidine rings is 1. The van der Waals surface area contributed by atoms with Crippen molar-refractivity contribution in [2.24, 2.45) is 0 Å². The molecule has 0 saturated carbocycles. The van der Waals surface area contributed by atoms with Gasteiger partial charge in [0, 0.05) is 30.1 Å². The van der Waals surface area contributed by atoms with Crippen molar-refractivity contribution in [3.05, 3.63) is 40.0 Å². The smallest absolute Gasteiger partial charge is 0.133 e. The number of hydrogen-bond acceptors (Lipinski definition) is 3. The second kappa shape index (κ2) is 8.01. The summed E-state index contributed by atoms with van der Waals surface area (Å²) in [5, 5.41) is 9.49. The molecule has 0 amide bonds. The van der Waals surface area contributed by atoms with Crippen molar-refractivity contribution in [2.75, 3.05) is 31.5 Å². The van der Waals surface area contributed by atoms with E-state index in [1.54, 1.807) is 0 Å². The van der Waals surface area contributed by atoms with Gasteiger partial charge in [-0.2, -0.15) is 5.10 Å². The molecule has 2 aromatic rings. The van der Waals surface area contributed by atoms with Crippen LogP contribution in [0.5, 0.6) is 0 Å². The van der Waals surface area contributed by atoms with Crippen LogP contribution < -0.4 is 5.32 Å². The minimum atomic E-state index is 0.780. The molecule has 140 valence electrons. The number of rotatable bonds is 4. The topological polar surface area (TPSA) is 33.1 Å². The molecular formula is C21H29ClN4. The van der Waals surface area contributed by atoms with E-state index in [1.807, 2.05) is 12.1 Å². The van der Waals surface area contributed by atoms with Gasteiger partial charge in [0.25, 0.3) is 0 Å². The zero-order chi connectivity index (χ0) is 17.9. The second-order valence-corrected chi connectivity index (χ2v) is 8.09. The molecule has 1 aromatic heterocycles. The number of aryl methyl sites for hydroxylation is 1. The third-order valence-corrected chi connectivity index (χ3v) is 5.95. The summed E-state index contributed by atoms with van der Waals surface area (Å²) >= 11 is 6.16. The van der Waals surface area contributed by atoms with Crippen molar-refractivity contribution in [1.82, 2.24) is 14.7 Å². The van der Waals surface area contributed by atoms with Gasteiger partial charge in [0.15, 0.2) is 0 Å². The highest BCUT2D eigenvalue weighted by Crippen LogP contribution is 2.30. The number of aromatic nitrogens is 2. The van der Waals surface area contributed by atoms with Gasteiger partial charge in [-0.05, 0) is 75.9 Å². The molecule has 1 aromatic carbocycles. The van der Waals surface area contributed by atoms with Gasteiger partial charge in [0.2, 0.25) is 0 Å². The number of fused-ring (bicyclic) bond motifs is 1. The van der Waals surface area contributed by atoms with E-state index in [-0.39, 0.29) is 0 Å². The highest BCUT2D eigenvalue weighted by Gasteiger charge is 2.22. The van der Waals surface area contributed by atoms with Crippen molar-refractivity contribution < 1.29 is 0 Å². The Morgan fingerprint density at radius 2 is 1.96 bits per heavy atom. The van der Waals surface area contributed by atoms with Gasteiger partial charge in [-0.3, -0.25) is 0 Å². The quantitative estimate of drug-likeness (QED) is 0.850. The Morgan fingerprint density at radius 1 is 1.12 bits per heavy atom. The number of halogens is 1. The summed E-state index contributed by atoms with van der Waals surface area (Å²) in [6.07, 6.45) is 8.71. The summed E-state index contributed by atoms with van der Waals surface area (Å²) < 4.78 is 2.12. The van der Waals surface area contributed by atoms with Crippen LogP contribution in [0.4, 0.5) is 5.82 Å².